The normalized spacial score (nSPS) is 20.8. The maximum atomic E-state index is 10.8. The molecule has 0 saturated heterocycles. The maximum Gasteiger partial charge on any atom is 0.125 e. The third-order valence-electron chi connectivity index (χ3n) is 4.31. The molecule has 2 aromatic carbocycles. The van der Waals surface area contributed by atoms with Crippen molar-refractivity contribution >= 4 is 0 Å². The predicted octanol–water partition coefficient (Wildman–Crippen LogP) is 3.39. The van der Waals surface area contributed by atoms with E-state index in [1.165, 1.54) is 5.56 Å². The molecule has 0 saturated carbocycles. The van der Waals surface area contributed by atoms with Crippen LogP contribution in [0.3, 0.4) is 0 Å². The molecule has 1 N–H and O–H groups in total. The lowest BCUT2D eigenvalue weighted by atomic mass is 9.96. The van der Waals surface area contributed by atoms with E-state index in [4.69, 9.17) is 4.74 Å². The largest absolute Gasteiger partial charge is 0.491 e. The molecular formula is C19H23NO2. The molecule has 3 heteroatoms. The second-order valence-corrected chi connectivity index (χ2v) is 6.11. The first-order chi connectivity index (χ1) is 10.7. The van der Waals surface area contributed by atoms with Crippen LogP contribution in [0.1, 0.15) is 31.1 Å². The fraction of sp³-hybridized carbons (Fsp3) is 0.368. The van der Waals surface area contributed by atoms with E-state index in [0.717, 1.165) is 17.9 Å². The number of para-hydroxylation sites is 1. The molecule has 116 valence electrons. The number of hydrogen-bond acceptors (Lipinski definition) is 3. The molecule has 3 nitrogen and oxygen atoms in total. The highest BCUT2D eigenvalue weighted by Crippen LogP contribution is 2.35. The molecule has 0 fully saturated rings. The van der Waals surface area contributed by atoms with Crippen LogP contribution in [0.2, 0.25) is 0 Å². The van der Waals surface area contributed by atoms with Crippen LogP contribution in [0, 0.1) is 0 Å². The Bertz CT molecular complexity index is 612. The Kier molecular flexibility index (Phi) is 4.46. The Morgan fingerprint density at radius 1 is 1.09 bits per heavy atom. The standard InChI is InChI=1S/C19H23NO2/c1-14(2)20(12-15-8-4-3-5-9-15)17-13-22-18-11-7-6-10-16(18)19(17)21/h3-11,14,17,19,21H,12-13H2,1-2H3. The summed E-state index contributed by atoms with van der Waals surface area (Å²) in [5, 5.41) is 10.8. The van der Waals surface area contributed by atoms with Crippen LogP contribution in [0.25, 0.3) is 0 Å². The van der Waals surface area contributed by atoms with Gasteiger partial charge in [0.1, 0.15) is 18.5 Å². The molecule has 2 atom stereocenters. The van der Waals surface area contributed by atoms with E-state index in [-0.39, 0.29) is 6.04 Å². The molecule has 2 aromatic rings. The molecule has 2 unspecified atom stereocenters. The molecule has 0 bridgehead atoms. The van der Waals surface area contributed by atoms with E-state index >= 15 is 0 Å². The maximum absolute atomic E-state index is 10.8. The number of ether oxygens (including phenoxy) is 1. The lowest BCUT2D eigenvalue weighted by molar-refractivity contribution is -0.0148. The number of aliphatic hydroxyl groups is 1. The highest BCUT2D eigenvalue weighted by Gasteiger charge is 2.34. The number of hydrogen-bond donors (Lipinski definition) is 1. The predicted molar refractivity (Wildman–Crippen MR) is 87.8 cm³/mol. The summed E-state index contributed by atoms with van der Waals surface area (Å²) in [5.41, 5.74) is 2.14. The summed E-state index contributed by atoms with van der Waals surface area (Å²) in [5.74, 6) is 0.801. The quantitative estimate of drug-likeness (QED) is 0.939. The number of rotatable bonds is 4. The molecule has 3 rings (SSSR count). The summed E-state index contributed by atoms with van der Waals surface area (Å²) < 4.78 is 5.87. The first-order valence-corrected chi connectivity index (χ1v) is 7.86. The molecule has 1 heterocycles. The van der Waals surface area contributed by atoms with Crippen molar-refractivity contribution in [2.45, 2.75) is 38.6 Å². The lowest BCUT2D eigenvalue weighted by Crippen LogP contribution is -2.48. The monoisotopic (exact) mass is 297 g/mol. The molecule has 1 aliphatic heterocycles. The average Bonchev–Trinajstić information content (AvgIpc) is 2.54. The second kappa shape index (κ2) is 6.51. The van der Waals surface area contributed by atoms with E-state index in [1.54, 1.807) is 0 Å². The van der Waals surface area contributed by atoms with Crippen molar-refractivity contribution in [2.75, 3.05) is 6.61 Å². The van der Waals surface area contributed by atoms with Crippen LogP contribution >= 0.6 is 0 Å². The number of aliphatic hydroxyl groups excluding tert-OH is 1. The lowest BCUT2D eigenvalue weighted by Gasteiger charge is -2.40. The van der Waals surface area contributed by atoms with Crippen molar-refractivity contribution in [2.24, 2.45) is 0 Å². The van der Waals surface area contributed by atoms with E-state index in [9.17, 15) is 5.11 Å². The van der Waals surface area contributed by atoms with Gasteiger partial charge >= 0.3 is 0 Å². The van der Waals surface area contributed by atoms with Crippen LogP contribution in [0.15, 0.2) is 54.6 Å². The molecule has 0 amide bonds. The Morgan fingerprint density at radius 2 is 1.77 bits per heavy atom. The van der Waals surface area contributed by atoms with E-state index < -0.39 is 6.10 Å². The zero-order chi connectivity index (χ0) is 15.5. The van der Waals surface area contributed by atoms with Gasteiger partial charge in [-0.1, -0.05) is 48.5 Å². The Morgan fingerprint density at radius 3 is 2.50 bits per heavy atom. The summed E-state index contributed by atoms with van der Waals surface area (Å²) in [4.78, 5) is 2.32. The van der Waals surface area contributed by atoms with Crippen molar-refractivity contribution in [3.63, 3.8) is 0 Å². The van der Waals surface area contributed by atoms with Gasteiger partial charge in [-0.25, -0.2) is 0 Å². The van der Waals surface area contributed by atoms with E-state index in [2.05, 4.69) is 43.0 Å². The van der Waals surface area contributed by atoms with Gasteiger partial charge in [-0.2, -0.15) is 0 Å². The van der Waals surface area contributed by atoms with Gasteiger partial charge in [0.05, 0.1) is 6.04 Å². The summed E-state index contributed by atoms with van der Waals surface area (Å²) in [6.45, 7) is 5.65. The van der Waals surface area contributed by atoms with Gasteiger partial charge in [0, 0.05) is 18.2 Å². The highest BCUT2D eigenvalue weighted by atomic mass is 16.5. The summed E-state index contributed by atoms with van der Waals surface area (Å²) in [6, 6.07) is 18.4. The van der Waals surface area contributed by atoms with Crippen LogP contribution in [-0.4, -0.2) is 28.7 Å². The first kappa shape index (κ1) is 15.1. The SMILES string of the molecule is CC(C)N(Cc1ccccc1)C1COc2ccccc2C1O. The van der Waals surface area contributed by atoms with Gasteiger partial charge in [-0.3, -0.25) is 4.90 Å². The smallest absolute Gasteiger partial charge is 0.125 e. The van der Waals surface area contributed by atoms with Gasteiger partial charge in [-0.05, 0) is 25.5 Å². The van der Waals surface area contributed by atoms with Gasteiger partial charge < -0.3 is 9.84 Å². The Hall–Kier alpha value is -1.84. The first-order valence-electron chi connectivity index (χ1n) is 7.86. The zero-order valence-electron chi connectivity index (χ0n) is 13.1. The van der Waals surface area contributed by atoms with Gasteiger partial charge in [0.2, 0.25) is 0 Å². The minimum absolute atomic E-state index is 0.0323. The van der Waals surface area contributed by atoms with Crippen molar-refractivity contribution < 1.29 is 9.84 Å². The topological polar surface area (TPSA) is 32.7 Å². The average molecular weight is 297 g/mol. The molecule has 22 heavy (non-hydrogen) atoms. The second-order valence-electron chi connectivity index (χ2n) is 6.11. The number of fused-ring (bicyclic) bond motifs is 1. The van der Waals surface area contributed by atoms with E-state index in [0.29, 0.717) is 12.6 Å². The number of benzene rings is 2. The van der Waals surface area contributed by atoms with Crippen molar-refractivity contribution in [3.05, 3.63) is 65.7 Å². The van der Waals surface area contributed by atoms with Crippen molar-refractivity contribution in [1.29, 1.82) is 0 Å². The van der Waals surface area contributed by atoms with Crippen LogP contribution in [0.5, 0.6) is 5.75 Å². The fourth-order valence-electron chi connectivity index (χ4n) is 3.08. The zero-order valence-corrected chi connectivity index (χ0v) is 13.1. The minimum atomic E-state index is -0.518. The highest BCUT2D eigenvalue weighted by molar-refractivity contribution is 5.37. The van der Waals surface area contributed by atoms with Crippen LogP contribution < -0.4 is 4.74 Å². The summed E-state index contributed by atoms with van der Waals surface area (Å²) >= 11 is 0. The third-order valence-corrected chi connectivity index (χ3v) is 4.31. The summed E-state index contributed by atoms with van der Waals surface area (Å²) in [7, 11) is 0. The minimum Gasteiger partial charge on any atom is -0.491 e. The van der Waals surface area contributed by atoms with Crippen molar-refractivity contribution in [1.82, 2.24) is 4.90 Å². The number of nitrogens with zero attached hydrogens (tertiary/aromatic N) is 1. The molecule has 1 aliphatic rings. The fourth-order valence-corrected chi connectivity index (χ4v) is 3.08. The molecule has 0 aliphatic carbocycles. The van der Waals surface area contributed by atoms with Crippen LogP contribution in [0.4, 0.5) is 0 Å². The molecule has 0 aromatic heterocycles. The third kappa shape index (κ3) is 3.01. The Balaban J connectivity index is 1.84. The summed E-state index contributed by atoms with van der Waals surface area (Å²) in [6.07, 6.45) is -0.518. The Labute approximate surface area is 132 Å². The van der Waals surface area contributed by atoms with Gasteiger partial charge in [-0.15, -0.1) is 0 Å². The molecular weight excluding hydrogens is 274 g/mol. The van der Waals surface area contributed by atoms with E-state index in [1.807, 2.05) is 30.3 Å². The molecule has 0 radical (unpaired) electrons. The van der Waals surface area contributed by atoms with Gasteiger partial charge in [0.25, 0.3) is 0 Å². The molecule has 0 spiro atoms. The van der Waals surface area contributed by atoms with Gasteiger partial charge in [0.15, 0.2) is 0 Å². The van der Waals surface area contributed by atoms with Crippen LogP contribution in [-0.2, 0) is 6.54 Å². The van der Waals surface area contributed by atoms with Crippen molar-refractivity contribution in [3.8, 4) is 5.75 Å².